The summed E-state index contributed by atoms with van der Waals surface area (Å²) >= 11 is 0. The molecule has 3 rings (SSSR count). The second-order valence-electron chi connectivity index (χ2n) is 5.61. The monoisotopic (exact) mass is 263 g/mol. The molecule has 1 N–H and O–H groups in total. The third-order valence-electron chi connectivity index (χ3n) is 4.00. The number of piperidine rings is 1. The molecule has 102 valence electrons. The molecule has 0 aromatic heterocycles. The molecule has 1 nitrogen and oxygen atoms in total. The van der Waals surface area contributed by atoms with E-state index in [-0.39, 0.29) is 0 Å². The van der Waals surface area contributed by atoms with Crippen molar-refractivity contribution in [3.05, 3.63) is 77.0 Å². The quantitative estimate of drug-likeness (QED) is 0.841. The zero-order chi connectivity index (χ0) is 13.8. The molecule has 0 saturated carbocycles. The highest BCUT2D eigenvalue weighted by molar-refractivity contribution is 5.53. The summed E-state index contributed by atoms with van der Waals surface area (Å²) in [6.07, 6.45) is 4.61. The van der Waals surface area contributed by atoms with Gasteiger partial charge in [0, 0.05) is 12.2 Å². The van der Waals surface area contributed by atoms with Gasteiger partial charge in [-0.05, 0) is 42.9 Å². The summed E-state index contributed by atoms with van der Waals surface area (Å²) in [5.74, 6) is 0.647. The Balaban J connectivity index is 1.76. The van der Waals surface area contributed by atoms with Crippen LogP contribution in [0.4, 0.5) is 0 Å². The van der Waals surface area contributed by atoms with E-state index in [9.17, 15) is 0 Å². The fourth-order valence-corrected chi connectivity index (χ4v) is 2.83. The van der Waals surface area contributed by atoms with Crippen molar-refractivity contribution in [3.8, 4) is 0 Å². The molecular formula is C19H21N. The minimum atomic E-state index is 0.647. The Labute approximate surface area is 121 Å². The van der Waals surface area contributed by atoms with E-state index in [1.54, 1.807) is 0 Å². The summed E-state index contributed by atoms with van der Waals surface area (Å²) in [5.41, 5.74) is 5.41. The molecule has 0 bridgehead atoms. The van der Waals surface area contributed by atoms with Crippen LogP contribution in [0.2, 0.25) is 0 Å². The van der Waals surface area contributed by atoms with E-state index < -0.39 is 0 Å². The lowest BCUT2D eigenvalue weighted by Gasteiger charge is -2.26. The zero-order valence-electron chi connectivity index (χ0n) is 12.0. The predicted molar refractivity (Wildman–Crippen MR) is 85.6 cm³/mol. The van der Waals surface area contributed by atoms with Gasteiger partial charge in [0.2, 0.25) is 0 Å². The van der Waals surface area contributed by atoms with Gasteiger partial charge in [-0.15, -0.1) is 0 Å². The molecule has 20 heavy (non-hydrogen) atoms. The first-order valence-electron chi connectivity index (χ1n) is 7.37. The smallest absolute Gasteiger partial charge is 0.0149 e. The molecule has 0 radical (unpaired) electrons. The summed E-state index contributed by atoms with van der Waals surface area (Å²) in [6, 6.07) is 19.6. The number of benzene rings is 2. The summed E-state index contributed by atoms with van der Waals surface area (Å²) in [4.78, 5) is 0. The maximum absolute atomic E-state index is 3.54. The van der Waals surface area contributed by atoms with Crippen LogP contribution >= 0.6 is 0 Å². The molecule has 0 aliphatic carbocycles. The number of allylic oxidation sites excluding steroid dienone is 1. The number of hydrogen-bond donors (Lipinski definition) is 1. The number of nitrogens with one attached hydrogen (secondary N) is 1. The third kappa shape index (κ3) is 3.11. The van der Waals surface area contributed by atoms with Crippen molar-refractivity contribution in [2.75, 3.05) is 6.54 Å². The van der Waals surface area contributed by atoms with E-state index in [2.05, 4.69) is 72.9 Å². The lowest BCUT2D eigenvalue weighted by molar-refractivity contribution is 0.520. The van der Waals surface area contributed by atoms with Gasteiger partial charge in [0.15, 0.2) is 0 Å². The topological polar surface area (TPSA) is 12.0 Å². The van der Waals surface area contributed by atoms with Crippen molar-refractivity contribution in [2.45, 2.75) is 25.7 Å². The zero-order valence-corrected chi connectivity index (χ0v) is 12.0. The van der Waals surface area contributed by atoms with Crippen molar-refractivity contribution in [2.24, 2.45) is 0 Å². The Morgan fingerprint density at radius 2 is 1.75 bits per heavy atom. The Bertz CT molecular complexity index is 581. The number of aryl methyl sites for hydroxylation is 1. The highest BCUT2D eigenvalue weighted by Gasteiger charge is 2.17. The van der Waals surface area contributed by atoms with Gasteiger partial charge < -0.3 is 5.32 Å². The minimum Gasteiger partial charge on any atom is -0.388 e. The molecule has 1 heterocycles. The highest BCUT2D eigenvalue weighted by Crippen LogP contribution is 2.29. The molecule has 0 amide bonds. The summed E-state index contributed by atoms with van der Waals surface area (Å²) in [5, 5.41) is 3.54. The standard InChI is InChI=1S/C19H21N/c1-15-7-9-16(10-8-15)13-19-14-18(11-12-20-19)17-5-3-2-4-6-17/h2-10,13,18,20H,11-12,14H2,1H3. The van der Waals surface area contributed by atoms with Gasteiger partial charge in [-0.25, -0.2) is 0 Å². The average Bonchev–Trinajstić information content (AvgIpc) is 2.51. The van der Waals surface area contributed by atoms with Gasteiger partial charge >= 0.3 is 0 Å². The van der Waals surface area contributed by atoms with E-state index in [0.717, 1.165) is 13.0 Å². The van der Waals surface area contributed by atoms with Crippen LogP contribution in [0.25, 0.3) is 6.08 Å². The van der Waals surface area contributed by atoms with Crippen LogP contribution in [-0.4, -0.2) is 6.54 Å². The van der Waals surface area contributed by atoms with Gasteiger partial charge in [0.25, 0.3) is 0 Å². The second kappa shape index (κ2) is 5.96. The summed E-state index contributed by atoms with van der Waals surface area (Å²) in [6.45, 7) is 3.19. The molecule has 1 aliphatic heterocycles. The minimum absolute atomic E-state index is 0.647. The Morgan fingerprint density at radius 3 is 2.50 bits per heavy atom. The lowest BCUT2D eigenvalue weighted by atomic mass is 9.88. The van der Waals surface area contributed by atoms with E-state index in [0.29, 0.717) is 5.92 Å². The van der Waals surface area contributed by atoms with E-state index in [1.165, 1.54) is 28.8 Å². The Morgan fingerprint density at radius 1 is 1.00 bits per heavy atom. The maximum Gasteiger partial charge on any atom is 0.0149 e. The van der Waals surface area contributed by atoms with Crippen LogP contribution in [0.3, 0.4) is 0 Å². The van der Waals surface area contributed by atoms with E-state index >= 15 is 0 Å². The highest BCUT2D eigenvalue weighted by atomic mass is 14.9. The first kappa shape index (κ1) is 13.0. The largest absolute Gasteiger partial charge is 0.388 e. The Hall–Kier alpha value is -2.02. The Kier molecular flexibility index (Phi) is 3.87. The first-order chi connectivity index (χ1) is 9.81. The van der Waals surface area contributed by atoms with Crippen LogP contribution in [0.5, 0.6) is 0 Å². The van der Waals surface area contributed by atoms with Crippen LogP contribution in [0.1, 0.15) is 35.4 Å². The predicted octanol–water partition coefficient (Wildman–Crippen LogP) is 4.50. The van der Waals surface area contributed by atoms with Gasteiger partial charge in [0.05, 0.1) is 0 Å². The number of hydrogen-bond acceptors (Lipinski definition) is 1. The molecule has 1 atom stereocenters. The van der Waals surface area contributed by atoms with Crippen molar-refractivity contribution in [1.82, 2.24) is 5.32 Å². The lowest BCUT2D eigenvalue weighted by Crippen LogP contribution is -2.24. The van der Waals surface area contributed by atoms with Gasteiger partial charge in [-0.1, -0.05) is 60.2 Å². The first-order valence-corrected chi connectivity index (χ1v) is 7.37. The third-order valence-corrected chi connectivity index (χ3v) is 4.00. The molecule has 1 saturated heterocycles. The van der Waals surface area contributed by atoms with Crippen LogP contribution in [0.15, 0.2) is 60.3 Å². The number of rotatable bonds is 2. The van der Waals surface area contributed by atoms with Crippen molar-refractivity contribution < 1.29 is 0 Å². The molecular weight excluding hydrogens is 242 g/mol. The molecule has 2 aromatic rings. The van der Waals surface area contributed by atoms with Gasteiger partial charge in [-0.3, -0.25) is 0 Å². The van der Waals surface area contributed by atoms with Crippen molar-refractivity contribution in [1.29, 1.82) is 0 Å². The van der Waals surface area contributed by atoms with Crippen molar-refractivity contribution in [3.63, 3.8) is 0 Å². The summed E-state index contributed by atoms with van der Waals surface area (Å²) < 4.78 is 0. The van der Waals surface area contributed by atoms with Crippen LogP contribution < -0.4 is 5.32 Å². The molecule has 1 fully saturated rings. The van der Waals surface area contributed by atoms with E-state index in [1.807, 2.05) is 0 Å². The summed E-state index contributed by atoms with van der Waals surface area (Å²) in [7, 11) is 0. The maximum atomic E-state index is 3.54. The normalized spacial score (nSPS) is 20.6. The molecule has 1 heteroatoms. The van der Waals surface area contributed by atoms with E-state index in [4.69, 9.17) is 0 Å². The SMILES string of the molecule is Cc1ccc(C=C2CC(c3ccccc3)CCN2)cc1. The fraction of sp³-hybridized carbons (Fsp3) is 0.263. The molecule has 2 aromatic carbocycles. The molecule has 1 unspecified atom stereocenters. The van der Waals surface area contributed by atoms with Crippen LogP contribution in [0, 0.1) is 6.92 Å². The van der Waals surface area contributed by atoms with Gasteiger partial charge in [-0.2, -0.15) is 0 Å². The molecule has 0 spiro atoms. The molecule has 1 aliphatic rings. The fourth-order valence-electron chi connectivity index (χ4n) is 2.83. The van der Waals surface area contributed by atoms with Gasteiger partial charge in [0.1, 0.15) is 0 Å². The second-order valence-corrected chi connectivity index (χ2v) is 5.61. The van der Waals surface area contributed by atoms with Crippen LogP contribution in [-0.2, 0) is 0 Å². The van der Waals surface area contributed by atoms with Crippen molar-refractivity contribution >= 4 is 6.08 Å². The average molecular weight is 263 g/mol.